The number of anilines is 2. The van der Waals surface area contributed by atoms with Crippen LogP contribution in [0.5, 0.6) is 11.5 Å². The average Bonchev–Trinajstić information content (AvgIpc) is 2.81. The van der Waals surface area contributed by atoms with Crippen molar-refractivity contribution in [2.75, 3.05) is 24.9 Å². The number of benzene rings is 2. The quantitative estimate of drug-likeness (QED) is 0.441. The second-order valence-corrected chi connectivity index (χ2v) is 7.84. The van der Waals surface area contributed by atoms with Gasteiger partial charge in [-0.1, -0.05) is 39.8 Å². The monoisotopic (exact) mass is 440 g/mol. The van der Waals surface area contributed by atoms with Crippen molar-refractivity contribution in [2.45, 2.75) is 53.4 Å². The van der Waals surface area contributed by atoms with Crippen LogP contribution in [0.3, 0.4) is 0 Å². The predicted molar refractivity (Wildman–Crippen MR) is 130 cm³/mol. The Balaban J connectivity index is 2.29. The zero-order chi connectivity index (χ0) is 23.7. The molecule has 0 bridgehead atoms. The Morgan fingerprint density at radius 1 is 0.688 bits per heavy atom. The summed E-state index contributed by atoms with van der Waals surface area (Å²) in [6.45, 7) is 8.05. The van der Waals surface area contributed by atoms with Gasteiger partial charge in [-0.25, -0.2) is 0 Å². The molecule has 2 rings (SSSR count). The summed E-state index contributed by atoms with van der Waals surface area (Å²) in [5.74, 6) is 1.14. The first kappa shape index (κ1) is 25.2. The third-order valence-corrected chi connectivity index (χ3v) is 5.96. The Labute approximate surface area is 191 Å². The molecule has 0 aliphatic heterocycles. The largest absolute Gasteiger partial charge is 0.495 e. The smallest absolute Gasteiger partial charge is 0.227 e. The third-order valence-electron chi connectivity index (χ3n) is 5.96. The molecule has 0 heterocycles. The number of rotatable bonds is 11. The lowest BCUT2D eigenvalue weighted by Gasteiger charge is -2.17. The van der Waals surface area contributed by atoms with Crippen LogP contribution in [0.1, 0.15) is 53.4 Å². The fraction of sp³-hybridized carbons (Fsp3) is 0.462. The highest BCUT2D eigenvalue weighted by Crippen LogP contribution is 2.35. The van der Waals surface area contributed by atoms with Gasteiger partial charge in [-0.05, 0) is 61.1 Å². The molecule has 0 fully saturated rings. The van der Waals surface area contributed by atoms with E-state index < -0.39 is 0 Å². The molecule has 6 nitrogen and oxygen atoms in total. The van der Waals surface area contributed by atoms with E-state index in [4.69, 9.17) is 9.47 Å². The SMILES string of the molecule is CCC(CC)C(=O)Nc1ccc(-c2ccc(NC(=O)C(CC)CC)c(OC)c2)cc1OC. The van der Waals surface area contributed by atoms with Crippen LogP contribution in [0.4, 0.5) is 11.4 Å². The Morgan fingerprint density at radius 3 is 1.31 bits per heavy atom. The maximum Gasteiger partial charge on any atom is 0.227 e. The van der Waals surface area contributed by atoms with Crippen LogP contribution in [-0.2, 0) is 9.59 Å². The summed E-state index contributed by atoms with van der Waals surface area (Å²) in [5, 5.41) is 5.96. The van der Waals surface area contributed by atoms with Gasteiger partial charge in [-0.15, -0.1) is 0 Å². The number of nitrogens with one attached hydrogen (secondary N) is 2. The van der Waals surface area contributed by atoms with Gasteiger partial charge >= 0.3 is 0 Å². The van der Waals surface area contributed by atoms with Gasteiger partial charge in [-0.3, -0.25) is 9.59 Å². The molecule has 174 valence electrons. The first-order chi connectivity index (χ1) is 15.4. The Hall–Kier alpha value is -3.02. The van der Waals surface area contributed by atoms with Gasteiger partial charge in [0.1, 0.15) is 11.5 Å². The van der Waals surface area contributed by atoms with E-state index in [1.165, 1.54) is 0 Å². The first-order valence-corrected chi connectivity index (χ1v) is 11.4. The van der Waals surface area contributed by atoms with Gasteiger partial charge in [-0.2, -0.15) is 0 Å². The van der Waals surface area contributed by atoms with Crippen LogP contribution in [0.15, 0.2) is 36.4 Å². The summed E-state index contributed by atoms with van der Waals surface area (Å²) >= 11 is 0. The molecule has 0 radical (unpaired) electrons. The second-order valence-electron chi connectivity index (χ2n) is 7.84. The third kappa shape index (κ3) is 6.02. The normalized spacial score (nSPS) is 10.9. The second kappa shape index (κ2) is 12.1. The van der Waals surface area contributed by atoms with Crippen molar-refractivity contribution >= 4 is 23.2 Å². The topological polar surface area (TPSA) is 76.7 Å². The molecular formula is C26H36N2O4. The van der Waals surface area contributed by atoms with E-state index in [2.05, 4.69) is 10.6 Å². The van der Waals surface area contributed by atoms with Crippen molar-refractivity contribution in [3.63, 3.8) is 0 Å². The van der Waals surface area contributed by atoms with Crippen molar-refractivity contribution in [2.24, 2.45) is 11.8 Å². The van der Waals surface area contributed by atoms with Crippen molar-refractivity contribution in [1.82, 2.24) is 0 Å². The van der Waals surface area contributed by atoms with E-state index >= 15 is 0 Å². The summed E-state index contributed by atoms with van der Waals surface area (Å²) in [7, 11) is 3.17. The molecule has 2 N–H and O–H groups in total. The highest BCUT2D eigenvalue weighted by atomic mass is 16.5. The lowest BCUT2D eigenvalue weighted by atomic mass is 10.0. The van der Waals surface area contributed by atoms with E-state index in [9.17, 15) is 9.59 Å². The van der Waals surface area contributed by atoms with Crippen LogP contribution < -0.4 is 20.1 Å². The first-order valence-electron chi connectivity index (χ1n) is 11.4. The molecule has 2 amide bonds. The van der Waals surface area contributed by atoms with Gasteiger partial charge in [0.05, 0.1) is 25.6 Å². The minimum absolute atomic E-state index is 0.000256. The Kier molecular flexibility index (Phi) is 9.57. The number of carbonyl (C=O) groups is 2. The molecule has 0 aromatic heterocycles. The van der Waals surface area contributed by atoms with Crippen molar-refractivity contribution < 1.29 is 19.1 Å². The molecule has 0 saturated carbocycles. The van der Waals surface area contributed by atoms with Gasteiger partial charge in [0.15, 0.2) is 0 Å². The maximum atomic E-state index is 12.5. The van der Waals surface area contributed by atoms with Crippen LogP contribution in [0.25, 0.3) is 11.1 Å². The maximum absolute atomic E-state index is 12.5. The molecule has 0 saturated heterocycles. The predicted octanol–water partition coefficient (Wildman–Crippen LogP) is 6.12. The number of amides is 2. The molecule has 0 aliphatic rings. The standard InChI is InChI=1S/C26H36N2O4/c1-7-17(8-2)25(29)27-21-13-11-19(15-23(21)31-5)20-12-14-22(24(16-20)32-6)28-26(30)18(9-3)10-4/h11-18H,7-10H2,1-6H3,(H,27,29)(H,28,30). The summed E-state index contributed by atoms with van der Waals surface area (Å²) in [6, 6.07) is 11.3. The van der Waals surface area contributed by atoms with Gasteiger partial charge < -0.3 is 20.1 Å². The number of carbonyl (C=O) groups excluding carboxylic acids is 2. The molecule has 0 aliphatic carbocycles. The average molecular weight is 441 g/mol. The summed E-state index contributed by atoms with van der Waals surface area (Å²) in [6.07, 6.45) is 3.18. The molecule has 2 aromatic carbocycles. The van der Waals surface area contributed by atoms with Crippen LogP contribution >= 0.6 is 0 Å². The van der Waals surface area contributed by atoms with Crippen LogP contribution in [0, 0.1) is 11.8 Å². The Bertz CT molecular complexity index is 843. The minimum atomic E-state index is -0.0218. The molecule has 6 heteroatoms. The summed E-state index contributed by atoms with van der Waals surface area (Å²) in [4.78, 5) is 25.0. The van der Waals surface area contributed by atoms with E-state index in [1.807, 2.05) is 64.1 Å². The summed E-state index contributed by atoms with van der Waals surface area (Å²) < 4.78 is 11.1. The number of methoxy groups -OCH3 is 2. The molecule has 0 unspecified atom stereocenters. The van der Waals surface area contributed by atoms with Crippen LogP contribution in [0.2, 0.25) is 0 Å². The molecule has 32 heavy (non-hydrogen) atoms. The van der Waals surface area contributed by atoms with E-state index in [0.29, 0.717) is 22.9 Å². The number of ether oxygens (including phenoxy) is 2. The van der Waals surface area contributed by atoms with Gasteiger partial charge in [0, 0.05) is 11.8 Å². The number of hydrogen-bond acceptors (Lipinski definition) is 4. The van der Waals surface area contributed by atoms with Gasteiger partial charge in [0.2, 0.25) is 11.8 Å². The zero-order valence-corrected chi connectivity index (χ0v) is 20.1. The summed E-state index contributed by atoms with van der Waals surface area (Å²) in [5.41, 5.74) is 3.13. The zero-order valence-electron chi connectivity index (χ0n) is 20.1. The van der Waals surface area contributed by atoms with Crippen molar-refractivity contribution in [3.05, 3.63) is 36.4 Å². The van der Waals surface area contributed by atoms with Crippen LogP contribution in [-0.4, -0.2) is 26.0 Å². The highest BCUT2D eigenvalue weighted by molar-refractivity contribution is 5.95. The van der Waals surface area contributed by atoms with Gasteiger partial charge in [0.25, 0.3) is 0 Å². The molecule has 0 atom stereocenters. The highest BCUT2D eigenvalue weighted by Gasteiger charge is 2.18. The molecular weight excluding hydrogens is 404 g/mol. The molecule has 0 spiro atoms. The van der Waals surface area contributed by atoms with E-state index in [0.717, 1.165) is 36.8 Å². The Morgan fingerprint density at radius 2 is 1.03 bits per heavy atom. The fourth-order valence-corrected chi connectivity index (χ4v) is 3.74. The van der Waals surface area contributed by atoms with E-state index in [1.54, 1.807) is 14.2 Å². The lowest BCUT2D eigenvalue weighted by Crippen LogP contribution is -2.22. The number of hydrogen-bond donors (Lipinski definition) is 2. The minimum Gasteiger partial charge on any atom is -0.495 e. The van der Waals surface area contributed by atoms with Crippen molar-refractivity contribution in [1.29, 1.82) is 0 Å². The molecule has 2 aromatic rings. The lowest BCUT2D eigenvalue weighted by molar-refractivity contribution is -0.120. The van der Waals surface area contributed by atoms with Crippen molar-refractivity contribution in [3.8, 4) is 22.6 Å². The van der Waals surface area contributed by atoms with E-state index in [-0.39, 0.29) is 23.7 Å². The fourth-order valence-electron chi connectivity index (χ4n) is 3.74.